The van der Waals surface area contributed by atoms with Gasteiger partial charge in [-0.1, -0.05) is 0 Å². The largest absolute Gasteiger partial charge is 0.477 e. The van der Waals surface area contributed by atoms with Crippen molar-refractivity contribution in [2.45, 2.75) is 43.3 Å². The van der Waals surface area contributed by atoms with E-state index in [0.29, 0.717) is 24.3 Å². The van der Waals surface area contributed by atoms with Crippen molar-refractivity contribution in [2.75, 3.05) is 37.9 Å². The molecule has 4 N–H and O–H groups in total. The second-order valence-corrected chi connectivity index (χ2v) is 9.79. The third-order valence-electron chi connectivity index (χ3n) is 4.86. The van der Waals surface area contributed by atoms with Crippen molar-refractivity contribution >= 4 is 47.8 Å². The number of thioether (sulfide) groups is 2. The van der Waals surface area contributed by atoms with E-state index in [-0.39, 0.29) is 24.5 Å². The average Bonchev–Trinajstić information content (AvgIpc) is 2.71. The number of rotatable bonds is 14. The zero-order chi connectivity index (χ0) is 23.0. The van der Waals surface area contributed by atoms with Crippen LogP contribution < -0.4 is 11.1 Å². The fourth-order valence-corrected chi connectivity index (χ4v) is 5.76. The monoisotopic (exact) mass is 474 g/mol. The van der Waals surface area contributed by atoms with Gasteiger partial charge in [-0.05, 0) is 51.2 Å². The van der Waals surface area contributed by atoms with Crippen molar-refractivity contribution in [1.29, 1.82) is 0 Å². The molecule has 2 amide bonds. The van der Waals surface area contributed by atoms with Gasteiger partial charge in [0, 0.05) is 17.9 Å². The van der Waals surface area contributed by atoms with E-state index >= 15 is 0 Å². The van der Waals surface area contributed by atoms with Gasteiger partial charge in [-0.3, -0.25) is 25.0 Å². The number of hydrogen-bond donors (Lipinski definition) is 3. The third-order valence-corrected chi connectivity index (χ3v) is 7.33. The molecule has 0 aromatic rings. The summed E-state index contributed by atoms with van der Waals surface area (Å²) in [5, 5.41) is 12.0. The number of ether oxygens (including phenoxy) is 1. The van der Waals surface area contributed by atoms with Crippen LogP contribution in [0, 0.1) is 0 Å². The Balaban J connectivity index is 1.87. The van der Waals surface area contributed by atoms with Crippen molar-refractivity contribution in [3.05, 3.63) is 11.3 Å². The van der Waals surface area contributed by atoms with E-state index in [9.17, 15) is 24.3 Å². The molecule has 1 fully saturated rings. The summed E-state index contributed by atoms with van der Waals surface area (Å²) < 4.78 is 4.56. The molecule has 0 aliphatic carbocycles. The van der Waals surface area contributed by atoms with Gasteiger partial charge in [0.2, 0.25) is 5.91 Å². The van der Waals surface area contributed by atoms with Crippen LogP contribution in [0.3, 0.4) is 0 Å². The number of carbonyl (C=O) groups excluding carboxylic acids is 3. The van der Waals surface area contributed by atoms with Crippen LogP contribution in [-0.4, -0.2) is 94.7 Å². The molecule has 174 valence electrons. The Morgan fingerprint density at radius 2 is 2.19 bits per heavy atom. The van der Waals surface area contributed by atoms with Crippen LogP contribution in [0.2, 0.25) is 0 Å². The second-order valence-electron chi connectivity index (χ2n) is 7.58. The first-order valence-corrected chi connectivity index (χ1v) is 12.2. The smallest absolute Gasteiger partial charge is 0.352 e. The number of nitrogens with two attached hydrogens (primary N) is 1. The highest BCUT2D eigenvalue weighted by atomic mass is 32.2. The Morgan fingerprint density at radius 3 is 2.84 bits per heavy atom. The number of fused-ring (bicyclic) bond motifs is 1. The van der Waals surface area contributed by atoms with Crippen molar-refractivity contribution < 1.29 is 29.0 Å². The molecule has 0 spiro atoms. The molecule has 2 heterocycles. The number of carboxylic acids is 1. The van der Waals surface area contributed by atoms with Gasteiger partial charge in [0.1, 0.15) is 17.1 Å². The first kappa shape index (κ1) is 25.5. The van der Waals surface area contributed by atoms with E-state index in [0.717, 1.165) is 24.3 Å². The molecule has 0 bridgehead atoms. The molecular weight excluding hydrogens is 444 g/mol. The van der Waals surface area contributed by atoms with Crippen LogP contribution in [0.25, 0.3) is 0 Å². The quantitative estimate of drug-likeness (QED) is 0.137. The lowest BCUT2D eigenvalue weighted by molar-refractivity contribution is -0.150. The molecule has 10 nitrogen and oxygen atoms in total. The van der Waals surface area contributed by atoms with Gasteiger partial charge in [0.25, 0.3) is 12.4 Å². The molecule has 0 aromatic heterocycles. The van der Waals surface area contributed by atoms with Gasteiger partial charge in [0.05, 0.1) is 0 Å². The molecule has 2 aliphatic heterocycles. The summed E-state index contributed by atoms with van der Waals surface area (Å²) in [5.41, 5.74) is 6.32. The number of carbonyl (C=O) groups is 4. The predicted octanol–water partition coefficient (Wildman–Crippen LogP) is 0.0380. The summed E-state index contributed by atoms with van der Waals surface area (Å²) in [5.74, 6) is 0.159. The molecule has 2 rings (SSSR count). The summed E-state index contributed by atoms with van der Waals surface area (Å²) in [4.78, 5) is 50.2. The average molecular weight is 475 g/mol. The molecule has 12 heteroatoms. The maximum absolute atomic E-state index is 12.6. The minimum Gasteiger partial charge on any atom is -0.477 e. The predicted molar refractivity (Wildman–Crippen MR) is 119 cm³/mol. The Hall–Kier alpha value is -1.76. The summed E-state index contributed by atoms with van der Waals surface area (Å²) in [6, 6.07) is -0.735. The SMILES string of the molecule is CN(C)CCCSCC1=C(C(=O)O)N2C(=O)C(NC(=O)CCCC(N)OC=O)C2SC1. The molecular formula is C19H30N4O6S2. The Bertz CT molecular complexity index is 718. The molecule has 0 aromatic carbocycles. The fourth-order valence-electron chi connectivity index (χ4n) is 3.32. The van der Waals surface area contributed by atoms with E-state index < -0.39 is 29.5 Å². The summed E-state index contributed by atoms with van der Waals surface area (Å²) >= 11 is 3.14. The van der Waals surface area contributed by atoms with Gasteiger partial charge in [-0.15, -0.1) is 11.8 Å². The number of β-lactam (4-membered cyclic amide) rings is 1. The van der Waals surface area contributed by atoms with Crippen LogP contribution in [-0.2, 0) is 23.9 Å². The van der Waals surface area contributed by atoms with Gasteiger partial charge >= 0.3 is 5.97 Å². The lowest BCUT2D eigenvalue weighted by atomic mass is 10.0. The fraction of sp³-hybridized carbons (Fsp3) is 0.684. The molecule has 0 saturated carbocycles. The van der Waals surface area contributed by atoms with Gasteiger partial charge in [-0.2, -0.15) is 11.8 Å². The van der Waals surface area contributed by atoms with E-state index in [1.165, 1.54) is 16.7 Å². The Labute approximate surface area is 190 Å². The maximum atomic E-state index is 12.6. The topological polar surface area (TPSA) is 142 Å². The van der Waals surface area contributed by atoms with E-state index in [4.69, 9.17) is 5.73 Å². The van der Waals surface area contributed by atoms with Crippen LogP contribution >= 0.6 is 23.5 Å². The first-order valence-electron chi connectivity index (χ1n) is 10.0. The van der Waals surface area contributed by atoms with Crippen molar-refractivity contribution in [2.24, 2.45) is 5.73 Å². The zero-order valence-corrected chi connectivity index (χ0v) is 19.4. The second kappa shape index (κ2) is 12.3. The lowest BCUT2D eigenvalue weighted by Gasteiger charge is -2.49. The van der Waals surface area contributed by atoms with Crippen LogP contribution in [0.15, 0.2) is 11.3 Å². The minimum absolute atomic E-state index is 0.0522. The van der Waals surface area contributed by atoms with Crippen molar-refractivity contribution in [1.82, 2.24) is 15.1 Å². The summed E-state index contributed by atoms with van der Waals surface area (Å²) in [6.45, 7) is 1.23. The summed E-state index contributed by atoms with van der Waals surface area (Å²) in [7, 11) is 4.02. The van der Waals surface area contributed by atoms with Crippen molar-refractivity contribution in [3.8, 4) is 0 Å². The molecule has 0 radical (unpaired) electrons. The van der Waals surface area contributed by atoms with Crippen molar-refractivity contribution in [3.63, 3.8) is 0 Å². The highest BCUT2D eigenvalue weighted by molar-refractivity contribution is 8.01. The maximum Gasteiger partial charge on any atom is 0.352 e. The minimum atomic E-state index is -1.11. The normalized spacial score (nSPS) is 21.4. The van der Waals surface area contributed by atoms with Crippen LogP contribution in [0.1, 0.15) is 25.7 Å². The number of carboxylic acid groups (broad SMARTS) is 1. The molecule has 3 atom stereocenters. The van der Waals surface area contributed by atoms with Gasteiger partial charge < -0.3 is 20.1 Å². The Morgan fingerprint density at radius 1 is 1.45 bits per heavy atom. The molecule has 3 unspecified atom stereocenters. The number of nitrogens with zero attached hydrogens (tertiary/aromatic N) is 2. The molecule has 2 aliphatic rings. The number of nitrogens with one attached hydrogen (secondary N) is 1. The first-order chi connectivity index (χ1) is 14.8. The highest BCUT2D eigenvalue weighted by Gasteiger charge is 2.54. The Kier molecular flexibility index (Phi) is 10.1. The number of aliphatic carboxylic acids is 1. The van der Waals surface area contributed by atoms with E-state index in [1.807, 2.05) is 14.1 Å². The van der Waals surface area contributed by atoms with Gasteiger partial charge in [-0.25, -0.2) is 4.79 Å². The van der Waals surface area contributed by atoms with Crippen LogP contribution in [0.4, 0.5) is 0 Å². The third kappa shape index (κ3) is 7.13. The number of amides is 2. The standard InChI is InChI=1S/C19H30N4O6S2/c1-22(2)7-4-8-30-9-12-10-31-18-15(17(26)23(18)16(12)19(27)28)21-14(25)6-3-5-13(20)29-11-24/h11,13,15,18H,3-10,20H2,1-2H3,(H,21,25)(H,27,28). The number of hydrogen-bond acceptors (Lipinski definition) is 9. The van der Waals surface area contributed by atoms with E-state index in [2.05, 4.69) is 15.0 Å². The van der Waals surface area contributed by atoms with E-state index in [1.54, 1.807) is 11.8 Å². The lowest BCUT2D eigenvalue weighted by Crippen LogP contribution is -2.70. The molecule has 31 heavy (non-hydrogen) atoms. The highest BCUT2D eigenvalue weighted by Crippen LogP contribution is 2.41. The summed E-state index contributed by atoms with van der Waals surface area (Å²) in [6.07, 6.45) is 1.11. The zero-order valence-electron chi connectivity index (χ0n) is 17.7. The van der Waals surface area contributed by atoms with Gasteiger partial charge in [0.15, 0.2) is 6.23 Å². The molecule has 1 saturated heterocycles. The van der Waals surface area contributed by atoms with Crippen LogP contribution in [0.5, 0.6) is 0 Å².